The summed E-state index contributed by atoms with van der Waals surface area (Å²) >= 11 is 6.04. The molecular formula is C13H20ClN3O. The van der Waals surface area contributed by atoms with Crippen molar-refractivity contribution in [2.45, 2.75) is 45.1 Å². The van der Waals surface area contributed by atoms with Crippen LogP contribution in [-0.4, -0.2) is 28.7 Å². The van der Waals surface area contributed by atoms with Gasteiger partial charge in [0.2, 0.25) is 0 Å². The van der Waals surface area contributed by atoms with Crippen molar-refractivity contribution >= 4 is 17.4 Å². The fourth-order valence-corrected chi connectivity index (χ4v) is 2.20. The monoisotopic (exact) mass is 269 g/mol. The van der Waals surface area contributed by atoms with Crippen molar-refractivity contribution in [2.24, 2.45) is 0 Å². The summed E-state index contributed by atoms with van der Waals surface area (Å²) in [5.74, 6) is 1.86. The first-order chi connectivity index (χ1) is 8.48. The van der Waals surface area contributed by atoms with Crippen molar-refractivity contribution in [2.75, 3.05) is 18.5 Å². The molecule has 1 aliphatic heterocycles. The number of hydrogen-bond acceptors (Lipinski definition) is 4. The van der Waals surface area contributed by atoms with Crippen LogP contribution in [0, 0.1) is 0 Å². The third-order valence-corrected chi connectivity index (χ3v) is 3.45. The predicted molar refractivity (Wildman–Crippen MR) is 73.2 cm³/mol. The van der Waals surface area contributed by atoms with Gasteiger partial charge in [0.05, 0.1) is 0 Å². The lowest BCUT2D eigenvalue weighted by molar-refractivity contribution is 0.0657. The van der Waals surface area contributed by atoms with Gasteiger partial charge >= 0.3 is 0 Å². The van der Waals surface area contributed by atoms with E-state index in [-0.39, 0.29) is 11.5 Å². The SMILES string of the molecule is CC(C)c1nc(Cl)cc(NC2(C)CCOCC2)n1. The molecule has 1 aliphatic rings. The lowest BCUT2D eigenvalue weighted by Crippen LogP contribution is -2.41. The fraction of sp³-hybridized carbons (Fsp3) is 0.692. The van der Waals surface area contributed by atoms with Crippen LogP contribution in [0.25, 0.3) is 0 Å². The molecular weight excluding hydrogens is 250 g/mol. The minimum atomic E-state index is 0.0319. The van der Waals surface area contributed by atoms with E-state index in [1.165, 1.54) is 0 Å². The molecule has 0 atom stereocenters. The van der Waals surface area contributed by atoms with Crippen molar-refractivity contribution in [3.8, 4) is 0 Å². The van der Waals surface area contributed by atoms with E-state index in [2.05, 4.69) is 36.1 Å². The van der Waals surface area contributed by atoms with E-state index in [0.29, 0.717) is 5.15 Å². The smallest absolute Gasteiger partial charge is 0.135 e. The Morgan fingerprint density at radius 2 is 2.00 bits per heavy atom. The van der Waals surface area contributed by atoms with Gasteiger partial charge in [-0.05, 0) is 19.8 Å². The Morgan fingerprint density at radius 1 is 1.33 bits per heavy atom. The zero-order valence-electron chi connectivity index (χ0n) is 11.2. The normalized spacial score (nSPS) is 18.9. The largest absolute Gasteiger partial charge is 0.381 e. The number of nitrogens with zero attached hydrogens (tertiary/aromatic N) is 2. The van der Waals surface area contributed by atoms with Crippen molar-refractivity contribution in [3.05, 3.63) is 17.0 Å². The molecule has 1 fully saturated rings. The molecule has 18 heavy (non-hydrogen) atoms. The molecule has 0 aliphatic carbocycles. The molecule has 0 saturated carbocycles. The van der Waals surface area contributed by atoms with Crippen LogP contribution in [0.1, 0.15) is 45.4 Å². The van der Waals surface area contributed by atoms with Gasteiger partial charge in [0.25, 0.3) is 0 Å². The van der Waals surface area contributed by atoms with Gasteiger partial charge in [-0.3, -0.25) is 0 Å². The Morgan fingerprint density at radius 3 is 2.61 bits per heavy atom. The minimum absolute atomic E-state index is 0.0319. The van der Waals surface area contributed by atoms with Gasteiger partial charge in [-0.25, -0.2) is 9.97 Å². The molecule has 0 spiro atoms. The standard InChI is InChI=1S/C13H20ClN3O/c1-9(2)12-15-10(14)8-11(16-12)17-13(3)4-6-18-7-5-13/h8-9H,4-7H2,1-3H3,(H,15,16,17). The Labute approximate surface area is 113 Å². The summed E-state index contributed by atoms with van der Waals surface area (Å²) < 4.78 is 5.39. The number of aromatic nitrogens is 2. The van der Waals surface area contributed by atoms with E-state index in [1.54, 1.807) is 6.07 Å². The van der Waals surface area contributed by atoms with Crippen LogP contribution >= 0.6 is 11.6 Å². The van der Waals surface area contributed by atoms with Crippen LogP contribution in [0.4, 0.5) is 5.82 Å². The fourth-order valence-electron chi connectivity index (χ4n) is 2.01. The van der Waals surface area contributed by atoms with Crippen molar-refractivity contribution in [1.29, 1.82) is 0 Å². The number of ether oxygens (including phenoxy) is 1. The van der Waals surface area contributed by atoms with Crippen LogP contribution in [0.2, 0.25) is 5.15 Å². The summed E-state index contributed by atoms with van der Waals surface area (Å²) in [5, 5.41) is 3.97. The van der Waals surface area contributed by atoms with Crippen LogP contribution in [0.3, 0.4) is 0 Å². The van der Waals surface area contributed by atoms with Crippen LogP contribution in [0.5, 0.6) is 0 Å². The number of nitrogens with one attached hydrogen (secondary N) is 1. The first-order valence-electron chi connectivity index (χ1n) is 6.39. The van der Waals surface area contributed by atoms with Gasteiger partial charge in [-0.1, -0.05) is 25.4 Å². The molecule has 1 aromatic rings. The number of rotatable bonds is 3. The summed E-state index contributed by atoms with van der Waals surface area (Å²) in [4.78, 5) is 8.76. The molecule has 0 unspecified atom stereocenters. The molecule has 1 N–H and O–H groups in total. The molecule has 4 nitrogen and oxygen atoms in total. The zero-order chi connectivity index (χ0) is 13.2. The van der Waals surface area contributed by atoms with E-state index in [9.17, 15) is 0 Å². The quantitative estimate of drug-likeness (QED) is 0.856. The Kier molecular flexibility index (Phi) is 4.07. The highest BCUT2D eigenvalue weighted by atomic mass is 35.5. The van der Waals surface area contributed by atoms with E-state index >= 15 is 0 Å². The van der Waals surface area contributed by atoms with Gasteiger partial charge in [-0.15, -0.1) is 0 Å². The number of anilines is 1. The van der Waals surface area contributed by atoms with E-state index < -0.39 is 0 Å². The topological polar surface area (TPSA) is 47.0 Å². The molecule has 1 saturated heterocycles. The van der Waals surface area contributed by atoms with Gasteiger partial charge < -0.3 is 10.1 Å². The summed E-state index contributed by atoms with van der Waals surface area (Å²) in [6.45, 7) is 7.90. The van der Waals surface area contributed by atoms with Crippen LogP contribution in [0.15, 0.2) is 6.07 Å². The predicted octanol–water partition coefficient (Wildman–Crippen LogP) is 3.23. The average Bonchev–Trinajstić information content (AvgIpc) is 2.28. The second-order valence-electron chi connectivity index (χ2n) is 5.39. The van der Waals surface area contributed by atoms with Crippen molar-refractivity contribution in [3.63, 3.8) is 0 Å². The van der Waals surface area contributed by atoms with Gasteiger partial charge in [-0.2, -0.15) is 0 Å². The summed E-state index contributed by atoms with van der Waals surface area (Å²) in [6.07, 6.45) is 1.96. The first kappa shape index (κ1) is 13.6. The highest BCUT2D eigenvalue weighted by molar-refractivity contribution is 6.29. The van der Waals surface area contributed by atoms with Crippen molar-refractivity contribution in [1.82, 2.24) is 9.97 Å². The lowest BCUT2D eigenvalue weighted by atomic mass is 9.92. The van der Waals surface area contributed by atoms with E-state index in [0.717, 1.165) is 37.7 Å². The highest BCUT2D eigenvalue weighted by Gasteiger charge is 2.27. The Balaban J connectivity index is 2.17. The third kappa shape index (κ3) is 3.33. The third-order valence-electron chi connectivity index (χ3n) is 3.25. The molecule has 0 bridgehead atoms. The first-order valence-corrected chi connectivity index (χ1v) is 6.77. The maximum Gasteiger partial charge on any atom is 0.135 e. The van der Waals surface area contributed by atoms with Gasteiger partial charge in [0.1, 0.15) is 16.8 Å². The number of halogens is 1. The maximum absolute atomic E-state index is 6.04. The molecule has 0 radical (unpaired) electrons. The summed E-state index contributed by atoms with van der Waals surface area (Å²) in [5.41, 5.74) is 0.0319. The molecule has 5 heteroatoms. The van der Waals surface area contributed by atoms with Crippen molar-refractivity contribution < 1.29 is 4.74 Å². The Hall–Kier alpha value is -0.870. The zero-order valence-corrected chi connectivity index (χ0v) is 11.9. The average molecular weight is 270 g/mol. The number of hydrogen-bond donors (Lipinski definition) is 1. The second-order valence-corrected chi connectivity index (χ2v) is 5.77. The van der Waals surface area contributed by atoms with Crippen LogP contribution < -0.4 is 5.32 Å². The minimum Gasteiger partial charge on any atom is -0.381 e. The lowest BCUT2D eigenvalue weighted by Gasteiger charge is -2.35. The molecule has 1 aromatic heterocycles. The molecule has 0 amide bonds. The van der Waals surface area contributed by atoms with E-state index in [4.69, 9.17) is 16.3 Å². The Bertz CT molecular complexity index is 417. The molecule has 2 heterocycles. The molecule has 2 rings (SSSR count). The van der Waals surface area contributed by atoms with Crippen LogP contribution in [-0.2, 0) is 4.74 Å². The van der Waals surface area contributed by atoms with Gasteiger partial charge in [0.15, 0.2) is 0 Å². The van der Waals surface area contributed by atoms with E-state index in [1.807, 2.05) is 0 Å². The summed E-state index contributed by atoms with van der Waals surface area (Å²) in [6, 6.07) is 1.79. The second kappa shape index (κ2) is 5.41. The van der Waals surface area contributed by atoms with Gasteiger partial charge in [0, 0.05) is 30.7 Å². The molecule has 100 valence electrons. The maximum atomic E-state index is 6.04. The summed E-state index contributed by atoms with van der Waals surface area (Å²) in [7, 11) is 0. The molecule has 0 aromatic carbocycles. The highest BCUT2D eigenvalue weighted by Crippen LogP contribution is 2.26.